The van der Waals surface area contributed by atoms with E-state index in [1.807, 2.05) is 23.7 Å². The number of nitrogens with one attached hydrogen (secondary N) is 1. The smallest absolute Gasteiger partial charge is 0.230 e. The first-order valence-electron chi connectivity index (χ1n) is 9.27. The normalized spacial score (nSPS) is 15.9. The number of aromatic nitrogens is 3. The number of thioether (sulfide) groups is 1. The number of carbonyl (C=O) groups is 1. The van der Waals surface area contributed by atoms with Crippen LogP contribution in [0, 0.1) is 5.82 Å². The Balaban J connectivity index is 1.39. The average Bonchev–Trinajstić information content (AvgIpc) is 3.08. The first-order valence-corrected chi connectivity index (χ1v) is 10.3. The van der Waals surface area contributed by atoms with E-state index in [-0.39, 0.29) is 23.5 Å². The molecule has 2 aromatic carbocycles. The van der Waals surface area contributed by atoms with Crippen LogP contribution in [-0.4, -0.2) is 26.4 Å². The summed E-state index contributed by atoms with van der Waals surface area (Å²) in [5.74, 6) is 0.609. The molecule has 28 heavy (non-hydrogen) atoms. The number of hydrogen-bond acceptors (Lipinski definition) is 4. The highest BCUT2D eigenvalue weighted by molar-refractivity contribution is 7.99. The van der Waals surface area contributed by atoms with E-state index in [9.17, 15) is 9.18 Å². The summed E-state index contributed by atoms with van der Waals surface area (Å²) in [5, 5.41) is 12.2. The van der Waals surface area contributed by atoms with Gasteiger partial charge in [-0.25, -0.2) is 4.39 Å². The highest BCUT2D eigenvalue weighted by Gasteiger charge is 2.21. The van der Waals surface area contributed by atoms with Crippen molar-refractivity contribution in [3.63, 3.8) is 0 Å². The van der Waals surface area contributed by atoms with Gasteiger partial charge in [-0.3, -0.25) is 4.79 Å². The van der Waals surface area contributed by atoms with Gasteiger partial charge in [-0.15, -0.1) is 10.2 Å². The summed E-state index contributed by atoms with van der Waals surface area (Å²) in [4.78, 5) is 12.5. The van der Waals surface area contributed by atoms with Gasteiger partial charge in [0.25, 0.3) is 0 Å². The number of amides is 1. The van der Waals surface area contributed by atoms with Gasteiger partial charge in [-0.05, 0) is 54.7 Å². The van der Waals surface area contributed by atoms with Crippen LogP contribution >= 0.6 is 11.8 Å². The summed E-state index contributed by atoms with van der Waals surface area (Å²) >= 11 is 1.35. The van der Waals surface area contributed by atoms with E-state index in [0.717, 1.165) is 24.8 Å². The number of halogens is 1. The van der Waals surface area contributed by atoms with Gasteiger partial charge in [0.1, 0.15) is 5.82 Å². The summed E-state index contributed by atoms with van der Waals surface area (Å²) in [5.41, 5.74) is 3.33. The van der Waals surface area contributed by atoms with E-state index >= 15 is 0 Å². The largest absolute Gasteiger partial charge is 0.349 e. The predicted octanol–water partition coefficient (Wildman–Crippen LogP) is 3.91. The number of aryl methyl sites for hydroxylation is 1. The molecule has 0 fully saturated rings. The van der Waals surface area contributed by atoms with Crippen LogP contribution in [0.4, 0.5) is 4.39 Å². The predicted molar refractivity (Wildman–Crippen MR) is 107 cm³/mol. The Kier molecular flexibility index (Phi) is 5.43. The third kappa shape index (κ3) is 3.94. The van der Waals surface area contributed by atoms with Crippen molar-refractivity contribution in [2.75, 3.05) is 5.75 Å². The van der Waals surface area contributed by atoms with Crippen LogP contribution in [0.5, 0.6) is 0 Å². The molecule has 3 aromatic rings. The Morgan fingerprint density at radius 1 is 1.21 bits per heavy atom. The van der Waals surface area contributed by atoms with Crippen LogP contribution in [0.3, 0.4) is 0 Å². The monoisotopic (exact) mass is 396 g/mol. The van der Waals surface area contributed by atoms with Crippen LogP contribution in [-0.2, 0) is 18.3 Å². The zero-order valence-corrected chi connectivity index (χ0v) is 16.4. The molecule has 5 nitrogen and oxygen atoms in total. The topological polar surface area (TPSA) is 59.8 Å². The van der Waals surface area contributed by atoms with Crippen molar-refractivity contribution in [3.8, 4) is 11.4 Å². The third-order valence-corrected chi connectivity index (χ3v) is 5.99. The molecular formula is C21H21FN4OS. The molecule has 1 heterocycles. The quantitative estimate of drug-likeness (QED) is 0.665. The molecule has 0 saturated heterocycles. The van der Waals surface area contributed by atoms with Crippen LogP contribution in [0.2, 0.25) is 0 Å². The molecule has 0 aliphatic heterocycles. The van der Waals surface area contributed by atoms with E-state index in [2.05, 4.69) is 27.6 Å². The Labute approximate surface area is 167 Å². The lowest BCUT2D eigenvalue weighted by atomic mass is 9.88. The van der Waals surface area contributed by atoms with Crippen molar-refractivity contribution in [2.45, 2.75) is 30.5 Å². The lowest BCUT2D eigenvalue weighted by Gasteiger charge is -2.26. The fourth-order valence-corrected chi connectivity index (χ4v) is 4.28. The maximum absolute atomic E-state index is 13.1. The van der Waals surface area contributed by atoms with E-state index in [0.29, 0.717) is 11.0 Å². The molecule has 0 saturated carbocycles. The highest BCUT2D eigenvalue weighted by atomic mass is 32.2. The second-order valence-electron chi connectivity index (χ2n) is 6.87. The van der Waals surface area contributed by atoms with Crippen molar-refractivity contribution in [3.05, 3.63) is 65.5 Å². The molecule has 4 rings (SSSR count). The summed E-state index contributed by atoms with van der Waals surface area (Å²) in [6, 6.07) is 14.5. The molecule has 7 heteroatoms. The summed E-state index contributed by atoms with van der Waals surface area (Å²) in [7, 11) is 1.84. The Morgan fingerprint density at radius 2 is 2.00 bits per heavy atom. The van der Waals surface area contributed by atoms with Gasteiger partial charge in [0.15, 0.2) is 11.0 Å². The number of rotatable bonds is 5. The molecule has 1 amide bonds. The Morgan fingerprint density at radius 3 is 2.82 bits per heavy atom. The Bertz CT molecular complexity index is 986. The van der Waals surface area contributed by atoms with Gasteiger partial charge in [0.05, 0.1) is 11.8 Å². The third-order valence-electron chi connectivity index (χ3n) is 4.97. The van der Waals surface area contributed by atoms with Gasteiger partial charge in [-0.1, -0.05) is 36.0 Å². The zero-order chi connectivity index (χ0) is 19.5. The number of fused-ring (bicyclic) bond motifs is 1. The average molecular weight is 396 g/mol. The molecule has 1 atom stereocenters. The van der Waals surface area contributed by atoms with Crippen LogP contribution < -0.4 is 5.32 Å². The minimum Gasteiger partial charge on any atom is -0.349 e. The first-order chi connectivity index (χ1) is 13.6. The molecule has 0 radical (unpaired) electrons. The molecule has 0 bridgehead atoms. The summed E-state index contributed by atoms with van der Waals surface area (Å²) < 4.78 is 14.9. The minimum atomic E-state index is -0.290. The summed E-state index contributed by atoms with van der Waals surface area (Å²) in [6.07, 6.45) is 3.12. The van der Waals surface area contributed by atoms with Gasteiger partial charge >= 0.3 is 0 Å². The number of carbonyl (C=O) groups excluding carboxylic acids is 1. The molecular weight excluding hydrogens is 375 g/mol. The van der Waals surface area contributed by atoms with E-state index in [1.165, 1.54) is 35.0 Å². The van der Waals surface area contributed by atoms with Crippen molar-refractivity contribution in [1.82, 2.24) is 20.1 Å². The van der Waals surface area contributed by atoms with Crippen molar-refractivity contribution < 1.29 is 9.18 Å². The van der Waals surface area contributed by atoms with Gasteiger partial charge in [0.2, 0.25) is 5.91 Å². The lowest BCUT2D eigenvalue weighted by Crippen LogP contribution is -2.32. The molecule has 0 unspecified atom stereocenters. The second-order valence-corrected chi connectivity index (χ2v) is 7.81. The molecule has 1 aromatic heterocycles. The molecule has 0 spiro atoms. The molecule has 1 aliphatic carbocycles. The zero-order valence-electron chi connectivity index (χ0n) is 15.6. The number of benzene rings is 2. The van der Waals surface area contributed by atoms with Crippen LogP contribution in [0.25, 0.3) is 11.4 Å². The first kappa shape index (κ1) is 18.7. The van der Waals surface area contributed by atoms with Crippen molar-refractivity contribution in [1.29, 1.82) is 0 Å². The SMILES string of the molecule is Cn1c(SCC(=O)N[C@@H]2CCCc3ccccc32)nnc1-c1ccc(F)cc1. The van der Waals surface area contributed by atoms with Crippen molar-refractivity contribution in [2.24, 2.45) is 7.05 Å². The van der Waals surface area contributed by atoms with Gasteiger partial charge in [0, 0.05) is 12.6 Å². The highest BCUT2D eigenvalue weighted by Crippen LogP contribution is 2.29. The number of nitrogens with zero attached hydrogens (tertiary/aromatic N) is 3. The van der Waals surface area contributed by atoms with Crippen LogP contribution in [0.1, 0.15) is 30.0 Å². The second kappa shape index (κ2) is 8.14. The van der Waals surface area contributed by atoms with Crippen molar-refractivity contribution >= 4 is 17.7 Å². The maximum Gasteiger partial charge on any atom is 0.230 e. The fraction of sp³-hybridized carbons (Fsp3) is 0.286. The molecule has 1 N–H and O–H groups in total. The lowest BCUT2D eigenvalue weighted by molar-refractivity contribution is -0.119. The van der Waals surface area contributed by atoms with Gasteiger partial charge in [-0.2, -0.15) is 0 Å². The van der Waals surface area contributed by atoms with Gasteiger partial charge < -0.3 is 9.88 Å². The van der Waals surface area contributed by atoms with Crippen LogP contribution in [0.15, 0.2) is 53.7 Å². The molecule has 144 valence electrons. The van der Waals surface area contributed by atoms with E-state index in [1.54, 1.807) is 12.1 Å². The number of hydrogen-bond donors (Lipinski definition) is 1. The Hall–Kier alpha value is -2.67. The molecule has 1 aliphatic rings. The van der Waals surface area contributed by atoms with E-state index < -0.39 is 0 Å². The standard InChI is InChI=1S/C21H21FN4OS/c1-26-20(15-9-11-16(22)12-10-15)24-25-21(26)28-13-19(27)23-18-8-4-6-14-5-2-3-7-17(14)18/h2-3,5,7,9-12,18H,4,6,8,13H2,1H3,(H,23,27)/t18-/m1/s1. The van der Waals surface area contributed by atoms with E-state index in [4.69, 9.17) is 0 Å². The summed E-state index contributed by atoms with van der Waals surface area (Å²) in [6.45, 7) is 0. The fourth-order valence-electron chi connectivity index (χ4n) is 3.56. The minimum absolute atomic E-state index is 0.0157. The maximum atomic E-state index is 13.1.